The van der Waals surface area contributed by atoms with Gasteiger partial charge in [0.05, 0.1) is 5.02 Å². The number of rotatable bonds is 10. The van der Waals surface area contributed by atoms with Gasteiger partial charge in [-0.3, -0.25) is 14.6 Å². The van der Waals surface area contributed by atoms with Crippen LogP contribution < -0.4 is 4.74 Å². The molecular formula is C38H35ClF3N3O4. The molecule has 0 unspecified atom stereocenters. The largest absolute Gasteiger partial charge is 0.480 e. The number of benzene rings is 4. The first-order valence-corrected chi connectivity index (χ1v) is 16.8. The number of halogens is 4. The molecular weight excluding hydrogens is 655 g/mol. The molecule has 7 nitrogen and oxygen atoms in total. The number of aromatic nitrogens is 1. The van der Waals surface area contributed by atoms with Crippen molar-refractivity contribution in [3.05, 3.63) is 94.3 Å². The van der Waals surface area contributed by atoms with Crippen molar-refractivity contribution in [2.24, 2.45) is 0 Å². The number of carbonyl (C=O) groups is 1. The summed E-state index contributed by atoms with van der Waals surface area (Å²) in [6.07, 6.45) is 3.52. The molecule has 2 aliphatic heterocycles. The standard InChI is InChI=1S/C38H35ClF3N3O4/c1-22-25(28-9-5-10-29(35(28)39)27-13-12-23(17-30(27)40)20-44-14-2-3-15-44)7-4-8-26(22)36-43-31-18-24(21-45-16-6-11-32(45)37(46)47)33(49-38(41)42)19-34(31)48-36/h4-5,7-10,12-13,17-19,32,38H,2-3,6,11,14-16,20-21H2,1H3,(H,46,47)/t32-/m0/s1. The van der Waals surface area contributed by atoms with Crippen LogP contribution in [0.1, 0.15) is 42.4 Å². The van der Waals surface area contributed by atoms with Crippen molar-refractivity contribution in [3.8, 4) is 39.5 Å². The van der Waals surface area contributed by atoms with Gasteiger partial charge >= 0.3 is 12.6 Å². The van der Waals surface area contributed by atoms with Crippen LogP contribution >= 0.6 is 11.6 Å². The maximum atomic E-state index is 15.5. The third-order valence-electron chi connectivity index (χ3n) is 9.59. The average molecular weight is 690 g/mol. The molecule has 0 aliphatic carbocycles. The third kappa shape index (κ3) is 6.77. The number of carboxylic acid groups (broad SMARTS) is 1. The smallest absolute Gasteiger partial charge is 0.387 e. The van der Waals surface area contributed by atoms with Crippen LogP contribution in [0, 0.1) is 12.7 Å². The summed E-state index contributed by atoms with van der Waals surface area (Å²) in [6, 6.07) is 18.8. The first-order valence-electron chi connectivity index (χ1n) is 16.4. The van der Waals surface area contributed by atoms with Crippen LogP contribution in [-0.2, 0) is 17.9 Å². The predicted molar refractivity (Wildman–Crippen MR) is 182 cm³/mol. The minimum absolute atomic E-state index is 0.0911. The van der Waals surface area contributed by atoms with Gasteiger partial charge in [-0.05, 0) is 87.1 Å². The lowest BCUT2D eigenvalue weighted by Crippen LogP contribution is -2.35. The zero-order valence-corrected chi connectivity index (χ0v) is 27.7. The van der Waals surface area contributed by atoms with Gasteiger partial charge in [-0.1, -0.05) is 54.1 Å². The number of fused-ring (bicyclic) bond motifs is 1. The van der Waals surface area contributed by atoms with Gasteiger partial charge in [-0.15, -0.1) is 0 Å². The van der Waals surface area contributed by atoms with E-state index in [2.05, 4.69) is 4.90 Å². The van der Waals surface area contributed by atoms with Crippen LogP contribution in [0.2, 0.25) is 5.02 Å². The molecule has 5 aromatic rings. The van der Waals surface area contributed by atoms with Crippen molar-refractivity contribution < 1.29 is 32.2 Å². The van der Waals surface area contributed by atoms with E-state index >= 15 is 4.39 Å². The fourth-order valence-corrected chi connectivity index (χ4v) is 7.47. The molecule has 4 aromatic carbocycles. The fraction of sp³-hybridized carbons (Fsp3) is 0.316. The summed E-state index contributed by atoms with van der Waals surface area (Å²) in [5.74, 6) is -1.10. The molecule has 2 saturated heterocycles. The molecule has 11 heteroatoms. The number of carboxylic acids is 1. The van der Waals surface area contributed by atoms with Crippen LogP contribution in [0.5, 0.6) is 5.75 Å². The minimum atomic E-state index is -3.08. The number of oxazole rings is 1. The number of alkyl halides is 2. The molecule has 0 bridgehead atoms. The zero-order chi connectivity index (χ0) is 34.2. The number of ether oxygens (including phenoxy) is 1. The highest BCUT2D eigenvalue weighted by Crippen LogP contribution is 2.41. The Hall–Kier alpha value is -4.38. The van der Waals surface area contributed by atoms with Gasteiger partial charge in [0.2, 0.25) is 5.89 Å². The van der Waals surface area contributed by atoms with Crippen LogP contribution in [0.4, 0.5) is 13.2 Å². The van der Waals surface area contributed by atoms with Crippen LogP contribution in [0.25, 0.3) is 44.8 Å². The topological polar surface area (TPSA) is 79.0 Å². The van der Waals surface area contributed by atoms with Crippen molar-refractivity contribution in [3.63, 3.8) is 0 Å². The summed E-state index contributed by atoms with van der Waals surface area (Å²) in [5, 5.41) is 10.0. The van der Waals surface area contributed by atoms with E-state index in [-0.39, 0.29) is 29.6 Å². The second-order valence-corrected chi connectivity index (χ2v) is 13.1. The Balaban J connectivity index is 1.21. The highest BCUT2D eigenvalue weighted by atomic mass is 35.5. The quantitative estimate of drug-likeness (QED) is 0.157. The van der Waals surface area contributed by atoms with E-state index in [9.17, 15) is 18.7 Å². The second kappa shape index (κ2) is 13.9. The molecule has 0 radical (unpaired) electrons. The fourth-order valence-electron chi connectivity index (χ4n) is 7.14. The van der Waals surface area contributed by atoms with Crippen LogP contribution in [0.3, 0.4) is 0 Å². The predicted octanol–water partition coefficient (Wildman–Crippen LogP) is 9.18. The maximum Gasteiger partial charge on any atom is 0.387 e. The summed E-state index contributed by atoms with van der Waals surface area (Å²) in [5.41, 5.74) is 5.98. The van der Waals surface area contributed by atoms with Crippen LogP contribution in [0.15, 0.2) is 71.1 Å². The summed E-state index contributed by atoms with van der Waals surface area (Å²) in [4.78, 5) is 20.5. The average Bonchev–Trinajstić information content (AvgIpc) is 3.84. The summed E-state index contributed by atoms with van der Waals surface area (Å²) < 4.78 is 53.3. The van der Waals surface area contributed by atoms with Crippen molar-refractivity contribution in [1.29, 1.82) is 0 Å². The van der Waals surface area contributed by atoms with Crippen LogP contribution in [-0.4, -0.2) is 58.1 Å². The van der Waals surface area contributed by atoms with Crippen molar-refractivity contribution >= 4 is 28.7 Å². The highest BCUT2D eigenvalue weighted by molar-refractivity contribution is 6.36. The summed E-state index contributed by atoms with van der Waals surface area (Å²) in [7, 11) is 0. The SMILES string of the molecule is Cc1c(-c2nc3cc(CN4CCC[C@H]4C(=O)O)c(OC(F)F)cc3o2)cccc1-c1cccc(-c2ccc(CN3CCCC3)cc2F)c1Cl. The molecule has 1 N–H and O–H groups in total. The maximum absolute atomic E-state index is 15.5. The molecule has 2 aliphatic rings. The van der Waals surface area contributed by atoms with Crippen molar-refractivity contribution in [2.75, 3.05) is 19.6 Å². The zero-order valence-electron chi connectivity index (χ0n) is 26.9. The van der Waals surface area contributed by atoms with Gasteiger partial charge in [0.15, 0.2) is 5.58 Å². The van der Waals surface area contributed by atoms with E-state index in [4.69, 9.17) is 25.7 Å². The third-order valence-corrected chi connectivity index (χ3v) is 10.00. The highest BCUT2D eigenvalue weighted by Gasteiger charge is 2.31. The molecule has 254 valence electrons. The minimum Gasteiger partial charge on any atom is -0.480 e. The number of hydrogen-bond acceptors (Lipinski definition) is 6. The van der Waals surface area contributed by atoms with Gasteiger partial charge in [-0.25, -0.2) is 9.37 Å². The molecule has 0 saturated carbocycles. The lowest BCUT2D eigenvalue weighted by atomic mass is 9.93. The lowest BCUT2D eigenvalue weighted by Gasteiger charge is -2.22. The van der Waals surface area contributed by atoms with Crippen molar-refractivity contribution in [1.82, 2.24) is 14.8 Å². The van der Waals surface area contributed by atoms with E-state index in [1.807, 2.05) is 49.4 Å². The first kappa shape index (κ1) is 33.1. The van der Waals surface area contributed by atoms with E-state index in [1.165, 1.54) is 18.9 Å². The number of hydrogen-bond donors (Lipinski definition) is 1. The van der Waals surface area contributed by atoms with E-state index < -0.39 is 18.6 Å². The Labute approximate surface area is 286 Å². The first-order chi connectivity index (χ1) is 23.7. The Bertz CT molecular complexity index is 2030. The number of aliphatic carboxylic acids is 1. The van der Waals surface area contributed by atoms with Gasteiger partial charge in [0.1, 0.15) is 23.1 Å². The van der Waals surface area contributed by atoms with Gasteiger partial charge < -0.3 is 14.3 Å². The molecule has 7 rings (SSSR count). The Kier molecular flexibility index (Phi) is 9.37. The number of likely N-dealkylation sites (tertiary alicyclic amines) is 2. The monoisotopic (exact) mass is 689 g/mol. The van der Waals surface area contributed by atoms with Gasteiger partial charge in [-0.2, -0.15) is 8.78 Å². The van der Waals surface area contributed by atoms with Gasteiger partial charge in [0, 0.05) is 47.0 Å². The lowest BCUT2D eigenvalue weighted by molar-refractivity contribution is -0.142. The molecule has 0 amide bonds. The Morgan fingerprint density at radius 1 is 0.959 bits per heavy atom. The van der Waals surface area contributed by atoms with E-state index in [0.717, 1.165) is 36.3 Å². The summed E-state index contributed by atoms with van der Waals surface area (Å²) >= 11 is 7.01. The molecule has 1 atom stereocenters. The number of nitrogens with zero attached hydrogens (tertiary/aromatic N) is 3. The summed E-state index contributed by atoms with van der Waals surface area (Å²) in [6.45, 7) is 2.25. The molecule has 3 heterocycles. The van der Waals surface area contributed by atoms with Crippen molar-refractivity contribution in [2.45, 2.75) is 58.3 Å². The molecule has 2 fully saturated rings. The second-order valence-electron chi connectivity index (χ2n) is 12.7. The molecule has 49 heavy (non-hydrogen) atoms. The molecule has 0 spiro atoms. The Morgan fingerprint density at radius 3 is 2.39 bits per heavy atom. The van der Waals surface area contributed by atoms with Gasteiger partial charge in [0.25, 0.3) is 0 Å². The Morgan fingerprint density at radius 2 is 1.67 bits per heavy atom. The van der Waals surface area contributed by atoms with E-state index in [0.29, 0.717) is 57.7 Å². The normalized spacial score (nSPS) is 17.1. The molecule has 1 aromatic heterocycles. The van der Waals surface area contributed by atoms with E-state index in [1.54, 1.807) is 23.1 Å².